The quantitative estimate of drug-likeness (QED) is 0.583. The fourth-order valence-corrected chi connectivity index (χ4v) is 1.48. The first kappa shape index (κ1) is 10.2. The largest absolute Gasteiger partial charge is 0.497 e. The van der Waals surface area contributed by atoms with Gasteiger partial charge in [-0.1, -0.05) is 0 Å². The number of methoxy groups -OCH3 is 1. The molecular formula is C11H10N4O. The summed E-state index contributed by atoms with van der Waals surface area (Å²) in [6.07, 6.45) is 0. The van der Waals surface area contributed by atoms with Crippen LogP contribution in [0.4, 0.5) is 5.82 Å². The van der Waals surface area contributed by atoms with Crippen LogP contribution in [-0.4, -0.2) is 12.1 Å². The number of nitriles is 1. The molecule has 0 saturated heterocycles. The van der Waals surface area contributed by atoms with Gasteiger partial charge < -0.3 is 10.2 Å². The third-order valence-corrected chi connectivity index (χ3v) is 2.28. The van der Waals surface area contributed by atoms with Crippen LogP contribution < -0.4 is 16.0 Å². The third-order valence-electron chi connectivity index (χ3n) is 2.28. The molecule has 0 fully saturated rings. The van der Waals surface area contributed by atoms with E-state index in [0.717, 1.165) is 16.7 Å². The molecule has 0 amide bonds. The van der Waals surface area contributed by atoms with Crippen LogP contribution in [-0.2, 0) is 0 Å². The Hall–Kier alpha value is -2.32. The average molecular weight is 214 g/mol. The Balaban J connectivity index is 2.69. The molecule has 5 nitrogen and oxygen atoms in total. The molecule has 1 aromatic heterocycles. The van der Waals surface area contributed by atoms with Gasteiger partial charge in [0.25, 0.3) is 0 Å². The Morgan fingerprint density at radius 2 is 2.25 bits per heavy atom. The lowest BCUT2D eigenvalue weighted by Gasteiger charge is -2.06. The fraction of sp³-hybridized carbons (Fsp3) is 0.0909. The number of fused-ring (bicyclic) bond motifs is 1. The van der Waals surface area contributed by atoms with Crippen molar-refractivity contribution in [3.05, 3.63) is 29.8 Å². The van der Waals surface area contributed by atoms with E-state index < -0.39 is 0 Å². The van der Waals surface area contributed by atoms with Crippen LogP contribution in [0.15, 0.2) is 24.3 Å². The van der Waals surface area contributed by atoms with Gasteiger partial charge in [0.05, 0.1) is 18.2 Å². The van der Waals surface area contributed by atoms with Crippen LogP contribution in [0, 0.1) is 11.3 Å². The number of ether oxygens (including phenoxy) is 1. The second-order valence-electron chi connectivity index (χ2n) is 3.20. The summed E-state index contributed by atoms with van der Waals surface area (Å²) in [5, 5.41) is 9.76. The molecule has 16 heavy (non-hydrogen) atoms. The molecule has 80 valence electrons. The molecule has 0 bridgehead atoms. The monoisotopic (exact) mass is 214 g/mol. The zero-order chi connectivity index (χ0) is 11.5. The van der Waals surface area contributed by atoms with E-state index in [1.54, 1.807) is 13.2 Å². The van der Waals surface area contributed by atoms with E-state index in [2.05, 4.69) is 10.4 Å². The minimum atomic E-state index is 0.375. The normalized spacial score (nSPS) is 9.81. The molecule has 1 aromatic carbocycles. The lowest BCUT2D eigenvalue weighted by atomic mass is 10.1. The van der Waals surface area contributed by atoms with Gasteiger partial charge in [0.1, 0.15) is 11.8 Å². The van der Waals surface area contributed by atoms with Crippen molar-refractivity contribution in [2.24, 2.45) is 5.84 Å². The minimum absolute atomic E-state index is 0.375. The molecular weight excluding hydrogens is 204 g/mol. The fourth-order valence-electron chi connectivity index (χ4n) is 1.48. The lowest BCUT2D eigenvalue weighted by molar-refractivity contribution is 0.415. The molecule has 0 aliphatic carbocycles. The summed E-state index contributed by atoms with van der Waals surface area (Å²) in [5.41, 5.74) is 3.57. The molecule has 0 atom stereocenters. The van der Waals surface area contributed by atoms with E-state index in [0.29, 0.717) is 11.4 Å². The van der Waals surface area contributed by atoms with Crippen molar-refractivity contribution in [2.75, 3.05) is 12.5 Å². The number of benzene rings is 1. The number of nitrogens with two attached hydrogens (primary N) is 1. The van der Waals surface area contributed by atoms with E-state index in [1.165, 1.54) is 0 Å². The maximum absolute atomic E-state index is 8.92. The Morgan fingerprint density at radius 1 is 1.44 bits per heavy atom. The molecule has 0 saturated carbocycles. The van der Waals surface area contributed by atoms with Crippen LogP contribution in [0.25, 0.3) is 10.9 Å². The molecule has 5 heteroatoms. The number of pyridine rings is 1. The Morgan fingerprint density at radius 3 is 2.88 bits per heavy atom. The smallest absolute Gasteiger partial charge is 0.158 e. The number of hydrogen-bond donors (Lipinski definition) is 2. The minimum Gasteiger partial charge on any atom is -0.497 e. The van der Waals surface area contributed by atoms with Crippen LogP contribution in [0.1, 0.15) is 5.56 Å². The number of nitrogens with one attached hydrogen (secondary N) is 1. The zero-order valence-corrected chi connectivity index (χ0v) is 8.69. The summed E-state index contributed by atoms with van der Waals surface area (Å²) < 4.78 is 5.10. The summed E-state index contributed by atoms with van der Waals surface area (Å²) in [6, 6.07) is 9.20. The third kappa shape index (κ3) is 1.62. The van der Waals surface area contributed by atoms with Crippen LogP contribution in [0.2, 0.25) is 0 Å². The van der Waals surface area contributed by atoms with Gasteiger partial charge in [0.15, 0.2) is 5.82 Å². The van der Waals surface area contributed by atoms with Crippen LogP contribution in [0.3, 0.4) is 0 Å². The van der Waals surface area contributed by atoms with Gasteiger partial charge in [-0.15, -0.1) is 0 Å². The number of nitrogen functional groups attached to an aromatic ring is 1. The highest BCUT2D eigenvalue weighted by Crippen LogP contribution is 2.23. The van der Waals surface area contributed by atoms with Gasteiger partial charge in [-0.25, -0.2) is 10.8 Å². The van der Waals surface area contributed by atoms with Gasteiger partial charge in [-0.05, 0) is 24.3 Å². The predicted octanol–water partition coefficient (Wildman–Crippen LogP) is 1.40. The van der Waals surface area contributed by atoms with Crippen molar-refractivity contribution in [1.29, 1.82) is 5.26 Å². The molecule has 2 rings (SSSR count). The highest BCUT2D eigenvalue weighted by atomic mass is 16.5. The number of nitrogens with zero attached hydrogens (tertiary/aromatic N) is 2. The molecule has 0 radical (unpaired) electrons. The summed E-state index contributed by atoms with van der Waals surface area (Å²) in [5.74, 6) is 6.39. The maximum Gasteiger partial charge on any atom is 0.158 e. The Bertz CT molecular complexity index is 574. The number of hydrazine groups is 1. The highest BCUT2D eigenvalue weighted by Gasteiger charge is 2.05. The second-order valence-corrected chi connectivity index (χ2v) is 3.20. The second kappa shape index (κ2) is 4.04. The first-order chi connectivity index (χ1) is 7.78. The van der Waals surface area contributed by atoms with Crippen LogP contribution in [0.5, 0.6) is 5.75 Å². The van der Waals surface area contributed by atoms with Gasteiger partial charge in [0, 0.05) is 5.39 Å². The molecule has 2 aromatic rings. The van der Waals surface area contributed by atoms with Crippen LogP contribution >= 0.6 is 0 Å². The van der Waals surface area contributed by atoms with E-state index in [4.69, 9.17) is 15.8 Å². The Labute approximate surface area is 92.4 Å². The van der Waals surface area contributed by atoms with E-state index >= 15 is 0 Å². The lowest BCUT2D eigenvalue weighted by Crippen LogP contribution is -2.10. The number of hydrogen-bond acceptors (Lipinski definition) is 5. The van der Waals surface area contributed by atoms with Crippen molar-refractivity contribution in [2.45, 2.75) is 0 Å². The number of anilines is 1. The molecule has 1 heterocycles. The molecule has 0 unspecified atom stereocenters. The number of aromatic nitrogens is 1. The molecule has 3 N–H and O–H groups in total. The SMILES string of the molecule is COc1ccc2nc(NN)c(C#N)cc2c1. The Kier molecular flexibility index (Phi) is 2.58. The summed E-state index contributed by atoms with van der Waals surface area (Å²) >= 11 is 0. The van der Waals surface area contributed by atoms with Gasteiger partial charge >= 0.3 is 0 Å². The summed E-state index contributed by atoms with van der Waals surface area (Å²) in [7, 11) is 1.59. The topological polar surface area (TPSA) is 84.0 Å². The van der Waals surface area contributed by atoms with Crippen molar-refractivity contribution in [1.82, 2.24) is 4.98 Å². The average Bonchev–Trinajstić information content (AvgIpc) is 2.36. The summed E-state index contributed by atoms with van der Waals surface area (Å²) in [6.45, 7) is 0. The van der Waals surface area contributed by atoms with Crippen molar-refractivity contribution in [3.63, 3.8) is 0 Å². The van der Waals surface area contributed by atoms with E-state index in [-0.39, 0.29) is 0 Å². The highest BCUT2D eigenvalue weighted by molar-refractivity contribution is 5.84. The van der Waals surface area contributed by atoms with Gasteiger partial charge in [-0.2, -0.15) is 5.26 Å². The maximum atomic E-state index is 8.92. The first-order valence-corrected chi connectivity index (χ1v) is 4.64. The predicted molar refractivity (Wildman–Crippen MR) is 60.8 cm³/mol. The van der Waals surface area contributed by atoms with Crippen molar-refractivity contribution >= 4 is 16.7 Å². The molecule has 0 spiro atoms. The molecule has 0 aliphatic rings. The zero-order valence-electron chi connectivity index (χ0n) is 8.69. The van der Waals surface area contributed by atoms with Crippen molar-refractivity contribution < 1.29 is 4.74 Å². The van der Waals surface area contributed by atoms with E-state index in [1.807, 2.05) is 24.3 Å². The van der Waals surface area contributed by atoms with Gasteiger partial charge in [0.2, 0.25) is 0 Å². The standard InChI is InChI=1S/C11H10N4O/c1-16-9-2-3-10-7(5-9)4-8(6-12)11(14-10)15-13/h2-5H,13H2,1H3,(H,14,15). The van der Waals surface area contributed by atoms with Crippen molar-refractivity contribution in [3.8, 4) is 11.8 Å². The molecule has 0 aliphatic heterocycles. The number of rotatable bonds is 2. The summed E-state index contributed by atoms with van der Waals surface area (Å²) in [4.78, 5) is 4.23. The van der Waals surface area contributed by atoms with Gasteiger partial charge in [-0.3, -0.25) is 0 Å². The van der Waals surface area contributed by atoms with E-state index in [9.17, 15) is 0 Å². The first-order valence-electron chi connectivity index (χ1n) is 4.64.